The second-order valence-corrected chi connectivity index (χ2v) is 5.16. The van der Waals surface area contributed by atoms with E-state index in [1.54, 1.807) is 12.1 Å². The molecule has 1 N–H and O–H groups in total. The molecule has 0 bridgehead atoms. The third kappa shape index (κ3) is 2.92. The Balaban J connectivity index is 2.22. The van der Waals surface area contributed by atoms with Crippen LogP contribution in [0, 0.1) is 6.92 Å². The fourth-order valence-electron chi connectivity index (χ4n) is 1.51. The number of hydrogen-bond donors (Lipinski definition) is 1. The van der Waals surface area contributed by atoms with Crippen LogP contribution in [-0.4, -0.2) is 5.91 Å². The minimum absolute atomic E-state index is 0.164. The molecule has 0 saturated heterocycles. The van der Waals surface area contributed by atoms with Gasteiger partial charge in [0.05, 0.1) is 5.56 Å². The smallest absolute Gasteiger partial charge is 0.256 e. The van der Waals surface area contributed by atoms with Crippen LogP contribution in [0.15, 0.2) is 46.9 Å². The van der Waals surface area contributed by atoms with Gasteiger partial charge in [0.25, 0.3) is 5.91 Å². The van der Waals surface area contributed by atoms with E-state index in [1.807, 2.05) is 37.3 Å². The average Bonchev–Trinajstić information content (AvgIpc) is 2.34. The minimum atomic E-state index is -0.164. The predicted molar refractivity (Wildman–Crippen MR) is 78.3 cm³/mol. The lowest BCUT2D eigenvalue weighted by Crippen LogP contribution is -2.12. The highest BCUT2D eigenvalue weighted by Gasteiger charge is 2.09. The van der Waals surface area contributed by atoms with Crippen molar-refractivity contribution in [1.29, 1.82) is 0 Å². The van der Waals surface area contributed by atoms with Crippen molar-refractivity contribution in [3.05, 3.63) is 63.1 Å². The number of carbonyl (C=O) groups excluding carboxylic acids is 1. The van der Waals surface area contributed by atoms with Crippen molar-refractivity contribution < 1.29 is 4.79 Å². The first-order valence-corrected chi connectivity index (χ1v) is 6.57. The number of halogens is 2. The summed E-state index contributed by atoms with van der Waals surface area (Å²) in [6.07, 6.45) is 0. The summed E-state index contributed by atoms with van der Waals surface area (Å²) in [4.78, 5) is 12.0. The van der Waals surface area contributed by atoms with E-state index in [4.69, 9.17) is 11.6 Å². The highest BCUT2D eigenvalue weighted by atomic mass is 79.9. The summed E-state index contributed by atoms with van der Waals surface area (Å²) in [5, 5.41) is 3.45. The molecule has 4 heteroatoms. The van der Waals surface area contributed by atoms with Crippen LogP contribution in [0.5, 0.6) is 0 Å². The number of hydrogen-bond acceptors (Lipinski definition) is 1. The van der Waals surface area contributed by atoms with E-state index < -0.39 is 0 Å². The molecule has 1 amide bonds. The molecule has 2 aromatic rings. The molecule has 18 heavy (non-hydrogen) atoms. The molecule has 0 aliphatic heterocycles. The Bertz CT molecular complexity index is 598. The fraction of sp³-hybridized carbons (Fsp3) is 0.0714. The number of nitrogens with one attached hydrogen (secondary N) is 1. The quantitative estimate of drug-likeness (QED) is 0.855. The van der Waals surface area contributed by atoms with Crippen molar-refractivity contribution in [3.8, 4) is 0 Å². The molecule has 92 valence electrons. The first-order valence-electron chi connectivity index (χ1n) is 5.40. The van der Waals surface area contributed by atoms with Gasteiger partial charge >= 0.3 is 0 Å². The van der Waals surface area contributed by atoms with Gasteiger partial charge in [0.1, 0.15) is 0 Å². The first kappa shape index (κ1) is 13.1. The van der Waals surface area contributed by atoms with Gasteiger partial charge in [-0.15, -0.1) is 0 Å². The van der Waals surface area contributed by atoms with Gasteiger partial charge in [0.2, 0.25) is 0 Å². The van der Waals surface area contributed by atoms with Crippen LogP contribution in [0.4, 0.5) is 5.69 Å². The number of anilines is 1. The second-order valence-electron chi connectivity index (χ2n) is 3.90. The van der Waals surface area contributed by atoms with Gasteiger partial charge in [0.15, 0.2) is 0 Å². The van der Waals surface area contributed by atoms with Gasteiger partial charge in [-0.2, -0.15) is 0 Å². The number of aryl methyl sites for hydroxylation is 1. The predicted octanol–water partition coefficient (Wildman–Crippen LogP) is 4.66. The Morgan fingerprint density at radius 2 is 1.94 bits per heavy atom. The maximum Gasteiger partial charge on any atom is 0.256 e. The SMILES string of the molecule is Cc1ccc(NC(=O)c2ccccc2Br)cc1Cl. The Hall–Kier alpha value is -1.32. The first-order chi connectivity index (χ1) is 8.58. The maximum atomic E-state index is 12.0. The third-order valence-corrected chi connectivity index (χ3v) is 3.65. The molecule has 0 heterocycles. The normalized spacial score (nSPS) is 10.2. The average molecular weight is 325 g/mol. The Kier molecular flexibility index (Phi) is 4.04. The lowest BCUT2D eigenvalue weighted by Gasteiger charge is -2.08. The van der Waals surface area contributed by atoms with Gasteiger partial charge in [-0.1, -0.05) is 29.8 Å². The van der Waals surface area contributed by atoms with Crippen LogP contribution in [-0.2, 0) is 0 Å². The molecule has 2 nitrogen and oxygen atoms in total. The molecular weight excluding hydrogens is 314 g/mol. The highest BCUT2D eigenvalue weighted by molar-refractivity contribution is 9.10. The van der Waals surface area contributed by atoms with E-state index in [9.17, 15) is 4.79 Å². The highest BCUT2D eigenvalue weighted by Crippen LogP contribution is 2.22. The number of rotatable bonds is 2. The van der Waals surface area contributed by atoms with Gasteiger partial charge in [-0.25, -0.2) is 0 Å². The number of amides is 1. The summed E-state index contributed by atoms with van der Waals surface area (Å²) < 4.78 is 0.765. The van der Waals surface area contributed by atoms with E-state index in [0.29, 0.717) is 16.3 Å². The largest absolute Gasteiger partial charge is 0.322 e. The van der Waals surface area contributed by atoms with Crippen LogP contribution in [0.3, 0.4) is 0 Å². The minimum Gasteiger partial charge on any atom is -0.322 e. The molecule has 0 spiro atoms. The van der Waals surface area contributed by atoms with Crippen LogP contribution in [0.2, 0.25) is 5.02 Å². The molecule has 0 atom stereocenters. The topological polar surface area (TPSA) is 29.1 Å². The summed E-state index contributed by atoms with van der Waals surface area (Å²) in [6, 6.07) is 12.7. The standard InChI is InChI=1S/C14H11BrClNO/c1-9-6-7-10(8-13(9)16)17-14(18)11-4-2-3-5-12(11)15/h2-8H,1H3,(H,17,18). The van der Waals surface area contributed by atoms with Gasteiger partial charge in [-0.05, 0) is 52.7 Å². The van der Waals surface area contributed by atoms with E-state index in [0.717, 1.165) is 10.0 Å². The van der Waals surface area contributed by atoms with Crippen molar-refractivity contribution in [2.24, 2.45) is 0 Å². The van der Waals surface area contributed by atoms with Crippen molar-refractivity contribution in [2.45, 2.75) is 6.92 Å². The molecule has 0 unspecified atom stereocenters. The summed E-state index contributed by atoms with van der Waals surface area (Å²) >= 11 is 9.36. The van der Waals surface area contributed by atoms with E-state index >= 15 is 0 Å². The summed E-state index contributed by atoms with van der Waals surface area (Å²) in [5.41, 5.74) is 2.26. The molecule has 0 saturated carbocycles. The number of carbonyl (C=O) groups is 1. The molecule has 0 aliphatic carbocycles. The Morgan fingerprint density at radius 1 is 1.22 bits per heavy atom. The Morgan fingerprint density at radius 3 is 2.61 bits per heavy atom. The zero-order valence-corrected chi connectivity index (χ0v) is 12.0. The van der Waals surface area contributed by atoms with Crippen LogP contribution in [0.1, 0.15) is 15.9 Å². The van der Waals surface area contributed by atoms with Crippen molar-refractivity contribution in [3.63, 3.8) is 0 Å². The molecule has 0 radical (unpaired) electrons. The lowest BCUT2D eigenvalue weighted by molar-refractivity contribution is 0.102. The van der Waals surface area contributed by atoms with E-state index in [1.165, 1.54) is 0 Å². The summed E-state index contributed by atoms with van der Waals surface area (Å²) in [7, 11) is 0. The van der Waals surface area contributed by atoms with Gasteiger partial charge in [0, 0.05) is 15.2 Å². The van der Waals surface area contributed by atoms with E-state index in [2.05, 4.69) is 21.2 Å². The van der Waals surface area contributed by atoms with Crippen LogP contribution >= 0.6 is 27.5 Å². The van der Waals surface area contributed by atoms with Gasteiger partial charge in [-0.3, -0.25) is 4.79 Å². The van der Waals surface area contributed by atoms with Crippen molar-refractivity contribution >= 4 is 39.1 Å². The molecule has 0 fully saturated rings. The van der Waals surface area contributed by atoms with Crippen molar-refractivity contribution in [1.82, 2.24) is 0 Å². The molecular formula is C14H11BrClNO. The molecule has 2 aromatic carbocycles. The monoisotopic (exact) mass is 323 g/mol. The van der Waals surface area contributed by atoms with Crippen LogP contribution in [0.25, 0.3) is 0 Å². The zero-order chi connectivity index (χ0) is 13.1. The summed E-state index contributed by atoms with van der Waals surface area (Å²) in [5.74, 6) is -0.164. The van der Waals surface area contributed by atoms with Gasteiger partial charge < -0.3 is 5.32 Å². The van der Waals surface area contributed by atoms with Crippen molar-refractivity contribution in [2.75, 3.05) is 5.32 Å². The zero-order valence-electron chi connectivity index (χ0n) is 9.71. The van der Waals surface area contributed by atoms with E-state index in [-0.39, 0.29) is 5.91 Å². The molecule has 2 rings (SSSR count). The molecule has 0 aromatic heterocycles. The van der Waals surface area contributed by atoms with Crippen LogP contribution < -0.4 is 5.32 Å². The second kappa shape index (κ2) is 5.55. The third-order valence-electron chi connectivity index (χ3n) is 2.55. The summed E-state index contributed by atoms with van der Waals surface area (Å²) in [6.45, 7) is 1.92. The lowest BCUT2D eigenvalue weighted by atomic mass is 10.2. The molecule has 0 aliphatic rings. The fourth-order valence-corrected chi connectivity index (χ4v) is 2.16. The Labute approximate surface area is 119 Å². The number of benzene rings is 2. The maximum absolute atomic E-state index is 12.0.